The molecule has 2 atom stereocenters. The molecule has 4 N–H and O–H groups in total. The highest BCUT2D eigenvalue weighted by atomic mass is 32.2. The Balaban J connectivity index is 2.08. The molecule has 8 heteroatoms. The second-order valence-corrected chi connectivity index (χ2v) is 6.26. The monoisotopic (exact) mass is 286 g/mol. The number of sulfonamides is 1. The molecular weight excluding hydrogens is 268 g/mol. The lowest BCUT2D eigenvalue weighted by Gasteiger charge is -2.27. The topological polar surface area (TPSA) is 106 Å². The van der Waals surface area contributed by atoms with Crippen LogP contribution in [0.15, 0.2) is 23.2 Å². The van der Waals surface area contributed by atoms with E-state index in [1.165, 1.54) is 18.3 Å². The molecule has 1 aromatic rings. The Morgan fingerprint density at radius 2 is 2.26 bits per heavy atom. The molecule has 1 fully saturated rings. The van der Waals surface area contributed by atoms with E-state index in [4.69, 9.17) is 10.6 Å². The van der Waals surface area contributed by atoms with Gasteiger partial charge < -0.3 is 10.2 Å². The lowest BCUT2D eigenvalue weighted by atomic mass is 10.1. The number of hydrazine groups is 1. The third-order valence-corrected chi connectivity index (χ3v) is 4.51. The molecule has 2 heterocycles. The summed E-state index contributed by atoms with van der Waals surface area (Å²) in [6, 6.07) is 2.88. The van der Waals surface area contributed by atoms with Gasteiger partial charge in [0.25, 0.3) is 0 Å². The number of rotatable bonds is 4. The first-order chi connectivity index (χ1) is 9.01. The highest BCUT2D eigenvalue weighted by molar-refractivity contribution is 7.89. The molecule has 0 aliphatic carbocycles. The van der Waals surface area contributed by atoms with Gasteiger partial charge in [-0.25, -0.2) is 24.0 Å². The van der Waals surface area contributed by atoms with E-state index >= 15 is 0 Å². The minimum Gasteiger partial charge on any atom is -0.378 e. The summed E-state index contributed by atoms with van der Waals surface area (Å²) < 4.78 is 32.4. The molecule has 1 aliphatic heterocycles. The van der Waals surface area contributed by atoms with Gasteiger partial charge in [0, 0.05) is 18.8 Å². The van der Waals surface area contributed by atoms with Crippen LogP contribution in [0.1, 0.15) is 19.8 Å². The maximum Gasteiger partial charge on any atom is 0.242 e. The molecule has 1 aliphatic rings. The van der Waals surface area contributed by atoms with E-state index in [-0.39, 0.29) is 17.0 Å². The molecule has 0 amide bonds. The van der Waals surface area contributed by atoms with E-state index < -0.39 is 10.0 Å². The Morgan fingerprint density at radius 1 is 1.47 bits per heavy atom. The van der Waals surface area contributed by atoms with Gasteiger partial charge in [0.2, 0.25) is 10.0 Å². The molecule has 1 aromatic heterocycles. The Labute approximate surface area is 112 Å². The zero-order chi connectivity index (χ0) is 13.9. The van der Waals surface area contributed by atoms with Crippen molar-refractivity contribution >= 4 is 15.8 Å². The number of hydrogen-bond acceptors (Lipinski definition) is 6. The Bertz CT molecular complexity index is 517. The summed E-state index contributed by atoms with van der Waals surface area (Å²) >= 11 is 0. The summed E-state index contributed by atoms with van der Waals surface area (Å²) in [7, 11) is -3.54. The van der Waals surface area contributed by atoms with Crippen molar-refractivity contribution in [3.63, 3.8) is 0 Å². The molecule has 7 nitrogen and oxygen atoms in total. The maximum atomic E-state index is 12.2. The summed E-state index contributed by atoms with van der Waals surface area (Å²) in [5.41, 5.74) is 2.35. The van der Waals surface area contributed by atoms with Crippen molar-refractivity contribution < 1.29 is 13.2 Å². The number of nitrogens with one attached hydrogen (secondary N) is 2. The van der Waals surface area contributed by atoms with Crippen molar-refractivity contribution in [1.29, 1.82) is 0 Å². The molecule has 0 radical (unpaired) electrons. The maximum absolute atomic E-state index is 12.2. The number of pyridine rings is 1. The van der Waals surface area contributed by atoms with Gasteiger partial charge in [0.15, 0.2) is 0 Å². The van der Waals surface area contributed by atoms with Crippen LogP contribution in [0.3, 0.4) is 0 Å². The van der Waals surface area contributed by atoms with Gasteiger partial charge in [-0.1, -0.05) is 0 Å². The standard InChI is InChI=1S/C11H18N4O3S/c1-8-6-9(4-5-18-8)15-19(16,17)10-2-3-11(14-12)13-7-10/h2-3,7-9,15H,4-6,12H2,1H3,(H,13,14). The molecule has 0 bridgehead atoms. The van der Waals surface area contributed by atoms with Crippen LogP contribution in [0, 0.1) is 0 Å². The van der Waals surface area contributed by atoms with Gasteiger partial charge in [0.1, 0.15) is 10.7 Å². The number of aromatic nitrogens is 1. The van der Waals surface area contributed by atoms with Gasteiger partial charge in [-0.05, 0) is 31.9 Å². The van der Waals surface area contributed by atoms with Crippen LogP contribution >= 0.6 is 0 Å². The van der Waals surface area contributed by atoms with Crippen LogP contribution in [0.4, 0.5) is 5.82 Å². The van der Waals surface area contributed by atoms with Crippen molar-refractivity contribution in [2.24, 2.45) is 5.84 Å². The summed E-state index contributed by atoms with van der Waals surface area (Å²) in [5, 5.41) is 0. The Morgan fingerprint density at radius 3 is 2.84 bits per heavy atom. The first-order valence-electron chi connectivity index (χ1n) is 6.08. The third kappa shape index (κ3) is 3.63. The molecule has 2 unspecified atom stereocenters. The van der Waals surface area contributed by atoms with Crippen LogP contribution in [0.2, 0.25) is 0 Å². The molecule has 19 heavy (non-hydrogen) atoms. The van der Waals surface area contributed by atoms with E-state index in [1.54, 1.807) is 0 Å². The van der Waals surface area contributed by atoms with Crippen LogP contribution in [0.25, 0.3) is 0 Å². The van der Waals surface area contributed by atoms with Gasteiger partial charge in [-0.15, -0.1) is 0 Å². The van der Waals surface area contributed by atoms with E-state index in [9.17, 15) is 8.42 Å². The van der Waals surface area contributed by atoms with Crippen molar-refractivity contribution in [2.75, 3.05) is 12.0 Å². The van der Waals surface area contributed by atoms with E-state index in [0.29, 0.717) is 25.3 Å². The summed E-state index contributed by atoms with van der Waals surface area (Å²) in [6.45, 7) is 2.51. The number of hydrogen-bond donors (Lipinski definition) is 3. The largest absolute Gasteiger partial charge is 0.378 e. The van der Waals surface area contributed by atoms with Crippen LogP contribution in [-0.2, 0) is 14.8 Å². The fourth-order valence-electron chi connectivity index (χ4n) is 2.02. The van der Waals surface area contributed by atoms with Crippen molar-refractivity contribution in [2.45, 2.75) is 36.8 Å². The molecule has 106 valence electrons. The van der Waals surface area contributed by atoms with Gasteiger partial charge in [-0.2, -0.15) is 0 Å². The predicted octanol–water partition coefficient (Wildman–Crippen LogP) is 0.213. The first-order valence-corrected chi connectivity index (χ1v) is 7.56. The molecular formula is C11H18N4O3S. The van der Waals surface area contributed by atoms with Crippen LogP contribution in [-0.4, -0.2) is 32.2 Å². The fraction of sp³-hybridized carbons (Fsp3) is 0.545. The lowest BCUT2D eigenvalue weighted by Crippen LogP contribution is -2.41. The molecule has 1 saturated heterocycles. The molecule has 2 rings (SSSR count). The number of ether oxygens (including phenoxy) is 1. The lowest BCUT2D eigenvalue weighted by molar-refractivity contribution is 0.0173. The number of nitrogens with two attached hydrogens (primary N) is 1. The second kappa shape index (κ2) is 5.83. The molecule has 0 saturated carbocycles. The van der Waals surface area contributed by atoms with Crippen molar-refractivity contribution in [3.8, 4) is 0 Å². The highest BCUT2D eigenvalue weighted by Crippen LogP contribution is 2.17. The number of nitrogen functional groups attached to an aromatic ring is 1. The third-order valence-electron chi connectivity index (χ3n) is 3.00. The zero-order valence-electron chi connectivity index (χ0n) is 10.7. The quantitative estimate of drug-likeness (QED) is 0.540. The average Bonchev–Trinajstić information content (AvgIpc) is 2.38. The minimum absolute atomic E-state index is 0.0726. The summed E-state index contributed by atoms with van der Waals surface area (Å²) in [5.74, 6) is 5.60. The Hall–Kier alpha value is -1.22. The van der Waals surface area contributed by atoms with Crippen molar-refractivity contribution in [1.82, 2.24) is 9.71 Å². The SMILES string of the molecule is CC1CC(NS(=O)(=O)c2ccc(NN)nc2)CCO1. The summed E-state index contributed by atoms with van der Waals surface area (Å²) in [4.78, 5) is 4.02. The average molecular weight is 286 g/mol. The van der Waals surface area contributed by atoms with Gasteiger partial charge >= 0.3 is 0 Å². The second-order valence-electron chi connectivity index (χ2n) is 4.55. The number of nitrogens with zero attached hydrogens (tertiary/aromatic N) is 1. The van der Waals surface area contributed by atoms with Crippen LogP contribution in [0.5, 0.6) is 0 Å². The minimum atomic E-state index is -3.54. The summed E-state index contributed by atoms with van der Waals surface area (Å²) in [6.07, 6.45) is 2.71. The van der Waals surface area contributed by atoms with Crippen molar-refractivity contribution in [3.05, 3.63) is 18.3 Å². The van der Waals surface area contributed by atoms with E-state index in [0.717, 1.165) is 0 Å². The molecule has 0 aromatic carbocycles. The molecule has 0 spiro atoms. The van der Waals surface area contributed by atoms with E-state index in [2.05, 4.69) is 15.1 Å². The predicted molar refractivity (Wildman–Crippen MR) is 70.8 cm³/mol. The highest BCUT2D eigenvalue weighted by Gasteiger charge is 2.25. The smallest absolute Gasteiger partial charge is 0.242 e. The first kappa shape index (κ1) is 14.2. The number of anilines is 1. The fourth-order valence-corrected chi connectivity index (χ4v) is 3.24. The van der Waals surface area contributed by atoms with E-state index in [1.807, 2.05) is 6.92 Å². The zero-order valence-corrected chi connectivity index (χ0v) is 11.5. The van der Waals surface area contributed by atoms with Gasteiger partial charge in [0.05, 0.1) is 6.10 Å². The van der Waals surface area contributed by atoms with Gasteiger partial charge in [-0.3, -0.25) is 0 Å². The Kier molecular flexibility index (Phi) is 4.35. The van der Waals surface area contributed by atoms with Crippen LogP contribution < -0.4 is 16.0 Å². The normalized spacial score (nSPS) is 24.1.